The Morgan fingerprint density at radius 2 is 2.05 bits per heavy atom. The first-order valence-corrected chi connectivity index (χ1v) is 7.50. The van der Waals surface area contributed by atoms with Crippen molar-refractivity contribution in [1.82, 2.24) is 14.8 Å². The lowest BCUT2D eigenvalue weighted by Gasteiger charge is -2.09. The summed E-state index contributed by atoms with van der Waals surface area (Å²) < 4.78 is 1.93. The lowest BCUT2D eigenvalue weighted by molar-refractivity contribution is -0.133. The molecule has 2 rings (SSSR count). The van der Waals surface area contributed by atoms with Gasteiger partial charge >= 0.3 is 5.97 Å². The molecule has 0 saturated heterocycles. The lowest BCUT2D eigenvalue weighted by atomic mass is 10.1. The molecule has 1 aromatic carbocycles. The van der Waals surface area contributed by atoms with E-state index in [9.17, 15) is 4.79 Å². The molecule has 6 heteroatoms. The van der Waals surface area contributed by atoms with Crippen LogP contribution in [-0.4, -0.2) is 31.6 Å². The smallest absolute Gasteiger partial charge is 0.313 e. The summed E-state index contributed by atoms with van der Waals surface area (Å²) in [7, 11) is 0. The zero-order chi connectivity index (χ0) is 15.2. The van der Waals surface area contributed by atoms with Crippen molar-refractivity contribution in [3.63, 3.8) is 0 Å². The molecule has 0 unspecified atom stereocenters. The topological polar surface area (TPSA) is 68.0 Å². The quantitative estimate of drug-likeness (QED) is 0.629. The fourth-order valence-corrected chi connectivity index (χ4v) is 2.57. The summed E-state index contributed by atoms with van der Waals surface area (Å²) in [5.41, 5.74) is 2.11. The summed E-state index contributed by atoms with van der Waals surface area (Å²) in [4.78, 5) is 10.7. The molecule has 0 spiro atoms. The number of thioether (sulfide) groups is 1. The van der Waals surface area contributed by atoms with Crippen LogP contribution in [-0.2, 0) is 17.8 Å². The molecular weight excluding hydrogens is 286 g/mol. The number of rotatable bonds is 7. The second kappa shape index (κ2) is 7.08. The van der Waals surface area contributed by atoms with E-state index in [1.54, 1.807) is 0 Å². The summed E-state index contributed by atoms with van der Waals surface area (Å²) in [5.74, 6) is -0.0776. The first-order valence-electron chi connectivity index (χ1n) is 6.51. The van der Waals surface area contributed by atoms with Crippen molar-refractivity contribution in [2.24, 2.45) is 0 Å². The van der Waals surface area contributed by atoms with Crippen LogP contribution >= 0.6 is 11.8 Å². The average Bonchev–Trinajstić information content (AvgIpc) is 2.79. The minimum Gasteiger partial charge on any atom is -0.481 e. The largest absolute Gasteiger partial charge is 0.481 e. The number of carbonyl (C=O) groups is 1. The van der Waals surface area contributed by atoms with Crippen LogP contribution in [0.25, 0.3) is 0 Å². The zero-order valence-electron chi connectivity index (χ0n) is 11.8. The third kappa shape index (κ3) is 4.46. The number of hydrogen-bond acceptors (Lipinski definition) is 4. The molecule has 0 radical (unpaired) electrons. The van der Waals surface area contributed by atoms with Crippen molar-refractivity contribution in [2.75, 3.05) is 5.75 Å². The first-order chi connectivity index (χ1) is 10.1. The molecule has 21 heavy (non-hydrogen) atoms. The van der Waals surface area contributed by atoms with Gasteiger partial charge in [0.15, 0.2) is 5.16 Å². The van der Waals surface area contributed by atoms with Gasteiger partial charge in [0, 0.05) is 13.0 Å². The van der Waals surface area contributed by atoms with Gasteiger partial charge in [-0.15, -0.1) is 10.2 Å². The van der Waals surface area contributed by atoms with Crippen molar-refractivity contribution in [1.29, 1.82) is 0 Å². The Morgan fingerprint density at radius 1 is 1.33 bits per heavy atom. The number of carboxylic acids is 1. The number of hydrogen-bond donors (Lipinski definition) is 1. The van der Waals surface area contributed by atoms with E-state index in [1.165, 1.54) is 11.8 Å². The second-order valence-corrected chi connectivity index (χ2v) is 5.73. The number of benzene rings is 1. The van der Waals surface area contributed by atoms with Crippen molar-refractivity contribution in [3.8, 4) is 0 Å². The molecule has 1 N–H and O–H groups in total. The molecule has 0 atom stereocenters. The van der Waals surface area contributed by atoms with Crippen LogP contribution in [0.4, 0.5) is 0 Å². The zero-order valence-corrected chi connectivity index (χ0v) is 12.6. The first kappa shape index (κ1) is 15.3. The molecule has 0 bridgehead atoms. The van der Waals surface area contributed by atoms with E-state index < -0.39 is 5.97 Å². The number of nitrogens with zero attached hydrogens (tertiary/aromatic N) is 3. The highest BCUT2D eigenvalue weighted by atomic mass is 32.2. The van der Waals surface area contributed by atoms with Gasteiger partial charge in [-0.3, -0.25) is 4.79 Å². The molecular formula is C15H17N3O2S. The molecule has 0 aliphatic rings. The van der Waals surface area contributed by atoms with Crippen LogP contribution in [0, 0.1) is 0 Å². The standard InChI is InChI=1S/C15H17N3O2S/c1-11(2)9-18-13(8-12-6-4-3-5-7-12)16-17-15(18)21-10-14(19)20/h3-7H,1,8-10H2,2H3,(H,19,20). The minimum atomic E-state index is -0.866. The molecule has 1 heterocycles. The molecule has 0 aliphatic heterocycles. The normalized spacial score (nSPS) is 10.5. The Kier molecular flexibility index (Phi) is 5.16. The number of aromatic nitrogens is 3. The Morgan fingerprint density at radius 3 is 2.67 bits per heavy atom. The SMILES string of the molecule is C=C(C)Cn1c(Cc2ccccc2)nnc1SCC(=O)O. The van der Waals surface area contributed by atoms with Crippen LogP contribution in [0.3, 0.4) is 0 Å². The van der Waals surface area contributed by atoms with E-state index in [-0.39, 0.29) is 5.75 Å². The lowest BCUT2D eigenvalue weighted by Crippen LogP contribution is -2.08. The fourth-order valence-electron chi connectivity index (χ4n) is 1.89. The molecule has 0 saturated carbocycles. The van der Waals surface area contributed by atoms with Crippen LogP contribution in [0.2, 0.25) is 0 Å². The van der Waals surface area contributed by atoms with Crippen LogP contribution < -0.4 is 0 Å². The van der Waals surface area contributed by atoms with Gasteiger partial charge in [0.2, 0.25) is 0 Å². The van der Waals surface area contributed by atoms with E-state index in [0.29, 0.717) is 18.1 Å². The maximum absolute atomic E-state index is 10.7. The highest BCUT2D eigenvalue weighted by Crippen LogP contribution is 2.19. The Labute approximate surface area is 127 Å². The Bertz CT molecular complexity index is 638. The molecule has 1 aromatic heterocycles. The van der Waals surface area contributed by atoms with Gasteiger partial charge in [-0.05, 0) is 12.5 Å². The summed E-state index contributed by atoms with van der Waals surface area (Å²) in [6.07, 6.45) is 0.661. The van der Waals surface area contributed by atoms with Crippen LogP contribution in [0.1, 0.15) is 18.3 Å². The molecule has 0 amide bonds. The summed E-state index contributed by atoms with van der Waals surface area (Å²) in [6, 6.07) is 9.99. The third-order valence-electron chi connectivity index (χ3n) is 2.75. The maximum Gasteiger partial charge on any atom is 0.313 e. The summed E-state index contributed by atoms with van der Waals surface area (Å²) >= 11 is 1.18. The molecule has 5 nitrogen and oxygen atoms in total. The highest BCUT2D eigenvalue weighted by Gasteiger charge is 2.14. The van der Waals surface area contributed by atoms with Crippen LogP contribution in [0.5, 0.6) is 0 Å². The van der Waals surface area contributed by atoms with Crippen LogP contribution in [0.15, 0.2) is 47.6 Å². The van der Waals surface area contributed by atoms with Gasteiger partial charge < -0.3 is 9.67 Å². The van der Waals surface area contributed by atoms with Crippen molar-refractivity contribution in [2.45, 2.75) is 25.0 Å². The monoisotopic (exact) mass is 303 g/mol. The van der Waals surface area contributed by atoms with Gasteiger partial charge in [0.1, 0.15) is 5.82 Å². The van der Waals surface area contributed by atoms with E-state index in [1.807, 2.05) is 41.8 Å². The van der Waals surface area contributed by atoms with Gasteiger partial charge in [-0.2, -0.15) is 0 Å². The Balaban J connectivity index is 2.23. The number of allylic oxidation sites excluding steroid dienone is 1. The average molecular weight is 303 g/mol. The number of aliphatic carboxylic acids is 1. The molecule has 0 fully saturated rings. The number of carboxylic acid groups (broad SMARTS) is 1. The Hall–Kier alpha value is -2.08. The summed E-state index contributed by atoms with van der Waals surface area (Å²) in [6.45, 7) is 6.44. The molecule has 110 valence electrons. The predicted octanol–water partition coefficient (Wildman–Crippen LogP) is 2.62. The predicted molar refractivity (Wildman–Crippen MR) is 82.4 cm³/mol. The van der Waals surface area contributed by atoms with Gasteiger partial charge in [0.05, 0.1) is 5.75 Å². The minimum absolute atomic E-state index is 0.0281. The molecule has 2 aromatic rings. The fraction of sp³-hybridized carbons (Fsp3) is 0.267. The maximum atomic E-state index is 10.7. The van der Waals surface area contributed by atoms with Crippen molar-refractivity contribution < 1.29 is 9.90 Å². The highest BCUT2D eigenvalue weighted by molar-refractivity contribution is 7.99. The van der Waals surface area contributed by atoms with E-state index in [0.717, 1.165) is 17.0 Å². The van der Waals surface area contributed by atoms with Crippen molar-refractivity contribution in [3.05, 3.63) is 53.9 Å². The second-order valence-electron chi connectivity index (χ2n) is 4.79. The van der Waals surface area contributed by atoms with Gasteiger partial charge in [0.25, 0.3) is 0 Å². The van der Waals surface area contributed by atoms with Crippen molar-refractivity contribution >= 4 is 17.7 Å². The van der Waals surface area contributed by atoms with E-state index in [2.05, 4.69) is 16.8 Å². The van der Waals surface area contributed by atoms with Gasteiger partial charge in [-0.25, -0.2) is 0 Å². The third-order valence-corrected chi connectivity index (χ3v) is 3.70. The van der Waals surface area contributed by atoms with E-state index in [4.69, 9.17) is 5.11 Å². The van der Waals surface area contributed by atoms with E-state index >= 15 is 0 Å². The summed E-state index contributed by atoms with van der Waals surface area (Å²) in [5, 5.41) is 17.7. The molecule has 0 aliphatic carbocycles. The van der Waals surface area contributed by atoms with Gasteiger partial charge in [-0.1, -0.05) is 54.2 Å².